The second-order valence-electron chi connectivity index (χ2n) is 5.46. The van der Waals surface area contributed by atoms with Crippen LogP contribution in [0, 0.1) is 6.92 Å². The summed E-state index contributed by atoms with van der Waals surface area (Å²) in [6, 6.07) is 14.1. The first kappa shape index (κ1) is 18.2. The van der Waals surface area contributed by atoms with Gasteiger partial charge in [0, 0.05) is 5.69 Å². The third kappa shape index (κ3) is 3.79. The topological polar surface area (TPSA) is 86.9 Å². The molecule has 0 saturated heterocycles. The van der Waals surface area contributed by atoms with E-state index < -0.39 is 5.91 Å². The average molecular weight is 434 g/mol. The molecule has 3 N–H and O–H groups in total. The molecule has 6 nitrogen and oxygen atoms in total. The van der Waals surface area contributed by atoms with Crippen LogP contribution in [0.1, 0.15) is 26.4 Å². The molecule has 132 valence electrons. The van der Waals surface area contributed by atoms with Crippen LogP contribution in [-0.4, -0.2) is 22.0 Å². The van der Waals surface area contributed by atoms with Crippen molar-refractivity contribution < 1.29 is 9.59 Å². The van der Waals surface area contributed by atoms with Crippen molar-refractivity contribution in [2.45, 2.75) is 6.92 Å². The number of aryl methyl sites for hydroxylation is 1. The molecule has 3 rings (SSSR count). The lowest BCUT2D eigenvalue weighted by atomic mass is 10.2. The third-order valence-corrected chi connectivity index (χ3v) is 4.78. The molecule has 0 atom stereocenters. The Kier molecular flexibility index (Phi) is 5.39. The van der Waals surface area contributed by atoms with Gasteiger partial charge in [0.15, 0.2) is 5.82 Å². The van der Waals surface area contributed by atoms with Crippen LogP contribution in [0.15, 0.2) is 53.0 Å². The number of benzene rings is 2. The molecule has 8 heteroatoms. The number of carbonyl (C=O) groups is 2. The highest BCUT2D eigenvalue weighted by Gasteiger charge is 2.20. The molecular formula is C18H14BrClN4O2. The van der Waals surface area contributed by atoms with Crippen molar-refractivity contribution in [2.75, 3.05) is 10.6 Å². The lowest BCUT2D eigenvalue weighted by molar-refractivity contribution is 0.101. The van der Waals surface area contributed by atoms with Crippen molar-refractivity contribution in [2.24, 2.45) is 0 Å². The van der Waals surface area contributed by atoms with Gasteiger partial charge >= 0.3 is 0 Å². The van der Waals surface area contributed by atoms with E-state index in [1.54, 1.807) is 30.3 Å². The number of aromatic amines is 1. The van der Waals surface area contributed by atoms with Gasteiger partial charge in [-0.15, -0.1) is 0 Å². The third-order valence-electron chi connectivity index (χ3n) is 3.68. The van der Waals surface area contributed by atoms with Gasteiger partial charge in [0.1, 0.15) is 5.69 Å². The normalized spacial score (nSPS) is 10.4. The summed E-state index contributed by atoms with van der Waals surface area (Å²) in [5.41, 5.74) is 2.14. The molecule has 0 radical (unpaired) electrons. The van der Waals surface area contributed by atoms with Crippen molar-refractivity contribution in [1.29, 1.82) is 0 Å². The number of nitrogens with zero attached hydrogens (tertiary/aromatic N) is 1. The Morgan fingerprint density at radius 3 is 2.46 bits per heavy atom. The summed E-state index contributed by atoms with van der Waals surface area (Å²) >= 11 is 9.32. The summed E-state index contributed by atoms with van der Waals surface area (Å²) < 4.78 is 0.351. The van der Waals surface area contributed by atoms with Gasteiger partial charge in [0.25, 0.3) is 11.8 Å². The lowest BCUT2D eigenvalue weighted by Gasteiger charge is -2.07. The monoisotopic (exact) mass is 432 g/mol. The van der Waals surface area contributed by atoms with Gasteiger partial charge in [0.05, 0.1) is 15.1 Å². The highest BCUT2D eigenvalue weighted by atomic mass is 79.9. The number of nitrogens with one attached hydrogen (secondary N) is 3. The number of carbonyl (C=O) groups excluding carboxylic acids is 2. The van der Waals surface area contributed by atoms with Crippen molar-refractivity contribution in [3.8, 4) is 0 Å². The van der Waals surface area contributed by atoms with Crippen molar-refractivity contribution in [3.05, 3.63) is 74.8 Å². The second-order valence-corrected chi connectivity index (χ2v) is 6.66. The number of hydrogen-bond acceptors (Lipinski definition) is 3. The summed E-state index contributed by atoms with van der Waals surface area (Å²) in [5.74, 6) is -0.601. The lowest BCUT2D eigenvalue weighted by Crippen LogP contribution is -2.14. The van der Waals surface area contributed by atoms with Gasteiger partial charge in [0.2, 0.25) is 0 Å². The Labute approximate surface area is 163 Å². The summed E-state index contributed by atoms with van der Waals surface area (Å²) in [7, 11) is 0. The van der Waals surface area contributed by atoms with Gasteiger partial charge in [-0.3, -0.25) is 14.7 Å². The SMILES string of the molecule is Cc1ccccc1NC(=O)c1[nH]nc(NC(=O)c2ccccc2Cl)c1Br. The Balaban J connectivity index is 1.78. The van der Waals surface area contributed by atoms with Gasteiger partial charge in [-0.1, -0.05) is 41.9 Å². The van der Waals surface area contributed by atoms with Gasteiger partial charge in [-0.25, -0.2) is 0 Å². The van der Waals surface area contributed by atoms with Crippen molar-refractivity contribution >= 4 is 50.9 Å². The fourth-order valence-electron chi connectivity index (χ4n) is 2.28. The van der Waals surface area contributed by atoms with Crippen LogP contribution in [0.25, 0.3) is 0 Å². The van der Waals surface area contributed by atoms with E-state index in [1.165, 1.54) is 0 Å². The first-order valence-electron chi connectivity index (χ1n) is 7.64. The van der Waals surface area contributed by atoms with Crippen molar-refractivity contribution in [3.63, 3.8) is 0 Å². The van der Waals surface area contributed by atoms with E-state index in [2.05, 4.69) is 36.8 Å². The van der Waals surface area contributed by atoms with E-state index in [1.807, 2.05) is 25.1 Å². The minimum Gasteiger partial charge on any atom is -0.320 e. The summed E-state index contributed by atoms with van der Waals surface area (Å²) in [5, 5.41) is 12.4. The zero-order chi connectivity index (χ0) is 18.7. The minimum absolute atomic E-state index is 0.197. The Hall–Kier alpha value is -2.64. The predicted molar refractivity (Wildman–Crippen MR) is 105 cm³/mol. The molecular weight excluding hydrogens is 420 g/mol. The smallest absolute Gasteiger partial charge is 0.274 e. The Morgan fingerprint density at radius 1 is 1.04 bits per heavy atom. The van der Waals surface area contributed by atoms with Gasteiger partial charge < -0.3 is 10.6 Å². The fraction of sp³-hybridized carbons (Fsp3) is 0.0556. The molecule has 0 unspecified atom stereocenters. The molecule has 0 aliphatic carbocycles. The van der Waals surface area contributed by atoms with Crippen LogP contribution >= 0.6 is 27.5 Å². The zero-order valence-corrected chi connectivity index (χ0v) is 16.0. The fourth-order valence-corrected chi connectivity index (χ4v) is 2.96. The number of halogens is 2. The summed E-state index contributed by atoms with van der Waals surface area (Å²) in [4.78, 5) is 24.8. The number of para-hydroxylation sites is 1. The molecule has 1 aromatic heterocycles. The van der Waals surface area contributed by atoms with E-state index >= 15 is 0 Å². The van der Waals surface area contributed by atoms with Crippen LogP contribution in [0.2, 0.25) is 5.02 Å². The Bertz CT molecular complexity index is 987. The second kappa shape index (κ2) is 7.72. The molecule has 3 aromatic rings. The average Bonchev–Trinajstić information content (AvgIpc) is 2.98. The zero-order valence-electron chi connectivity index (χ0n) is 13.6. The van der Waals surface area contributed by atoms with Crippen LogP contribution in [0.5, 0.6) is 0 Å². The minimum atomic E-state index is -0.423. The van der Waals surface area contributed by atoms with Crippen LogP contribution in [0.4, 0.5) is 11.5 Å². The number of hydrogen-bond donors (Lipinski definition) is 3. The molecule has 0 aliphatic rings. The van der Waals surface area contributed by atoms with E-state index in [9.17, 15) is 9.59 Å². The number of H-pyrrole nitrogens is 1. The quantitative estimate of drug-likeness (QED) is 0.560. The maximum atomic E-state index is 12.5. The van der Waals surface area contributed by atoms with E-state index in [0.717, 1.165) is 5.56 Å². The van der Waals surface area contributed by atoms with Crippen LogP contribution in [0.3, 0.4) is 0 Å². The predicted octanol–water partition coefficient (Wildman–Crippen LogP) is 4.64. The molecule has 0 fully saturated rings. The number of amides is 2. The highest BCUT2D eigenvalue weighted by molar-refractivity contribution is 9.10. The number of aromatic nitrogens is 2. The molecule has 2 aromatic carbocycles. The maximum Gasteiger partial charge on any atom is 0.274 e. The molecule has 0 spiro atoms. The highest BCUT2D eigenvalue weighted by Crippen LogP contribution is 2.26. The summed E-state index contributed by atoms with van der Waals surface area (Å²) in [6.45, 7) is 1.90. The molecule has 0 aliphatic heterocycles. The summed E-state index contributed by atoms with van der Waals surface area (Å²) in [6.07, 6.45) is 0. The van der Waals surface area contributed by atoms with E-state index in [-0.39, 0.29) is 17.4 Å². The molecule has 0 saturated carbocycles. The van der Waals surface area contributed by atoms with Gasteiger partial charge in [-0.2, -0.15) is 5.10 Å². The molecule has 2 amide bonds. The van der Waals surface area contributed by atoms with Crippen molar-refractivity contribution in [1.82, 2.24) is 10.2 Å². The van der Waals surface area contributed by atoms with E-state index in [4.69, 9.17) is 11.6 Å². The van der Waals surface area contributed by atoms with Crippen LogP contribution < -0.4 is 10.6 Å². The molecule has 0 bridgehead atoms. The number of anilines is 2. The molecule has 26 heavy (non-hydrogen) atoms. The van der Waals surface area contributed by atoms with Crippen LogP contribution in [-0.2, 0) is 0 Å². The maximum absolute atomic E-state index is 12.5. The first-order valence-corrected chi connectivity index (χ1v) is 8.81. The largest absolute Gasteiger partial charge is 0.320 e. The first-order chi connectivity index (χ1) is 12.5. The Morgan fingerprint density at radius 2 is 1.73 bits per heavy atom. The molecule has 1 heterocycles. The standard InChI is InChI=1S/C18H14BrClN4O2/c1-10-6-2-5-9-13(10)21-18(26)15-14(19)16(24-23-15)22-17(25)11-7-3-4-8-12(11)20/h2-9H,1H3,(H,21,26)(H2,22,23,24,25). The van der Waals surface area contributed by atoms with E-state index in [0.29, 0.717) is 20.7 Å². The number of rotatable bonds is 4. The van der Waals surface area contributed by atoms with Gasteiger partial charge in [-0.05, 0) is 46.6 Å².